The highest BCUT2D eigenvalue weighted by molar-refractivity contribution is 6.31. The van der Waals surface area contributed by atoms with Crippen molar-refractivity contribution < 1.29 is 14.0 Å². The van der Waals surface area contributed by atoms with Gasteiger partial charge in [0, 0.05) is 35.8 Å². The number of amides is 2. The largest absolute Gasteiger partial charge is 0.349 e. The first kappa shape index (κ1) is 26.9. The lowest BCUT2D eigenvalue weighted by molar-refractivity contribution is -0.125. The second-order valence-electron chi connectivity index (χ2n) is 11.1. The third kappa shape index (κ3) is 6.02. The van der Waals surface area contributed by atoms with Gasteiger partial charge in [-0.25, -0.2) is 4.39 Å². The van der Waals surface area contributed by atoms with E-state index in [2.05, 4.69) is 41.6 Å². The van der Waals surface area contributed by atoms with E-state index in [1.807, 2.05) is 7.05 Å². The van der Waals surface area contributed by atoms with Gasteiger partial charge in [-0.3, -0.25) is 9.59 Å². The minimum Gasteiger partial charge on any atom is -0.349 e. The Hall–Kier alpha value is -2.19. The van der Waals surface area contributed by atoms with E-state index in [0.717, 1.165) is 13.1 Å². The van der Waals surface area contributed by atoms with E-state index < -0.39 is 23.7 Å². The van der Waals surface area contributed by atoms with Gasteiger partial charge in [0.25, 0.3) is 0 Å². The fourth-order valence-corrected chi connectivity index (χ4v) is 5.72. The SMILES string of the molecule is CN1CC(NC(=O)[C@@H]2N[C@H](CC(C)(C)C)[C@H](C(=O)Nc3cccc(Cl)c3)[C@H]2c2cccc(Cl)c2F)C1. The minimum absolute atomic E-state index is 0.0227. The zero-order valence-corrected chi connectivity index (χ0v) is 22.5. The monoisotopic (exact) mass is 534 g/mol. The maximum atomic E-state index is 15.4. The first-order chi connectivity index (χ1) is 16.9. The summed E-state index contributed by atoms with van der Waals surface area (Å²) in [6, 6.07) is 10.5. The molecule has 36 heavy (non-hydrogen) atoms. The van der Waals surface area contributed by atoms with Gasteiger partial charge >= 0.3 is 0 Å². The van der Waals surface area contributed by atoms with Crippen molar-refractivity contribution in [3.63, 3.8) is 0 Å². The number of likely N-dealkylation sites (tertiary alicyclic amines) is 1. The fourth-order valence-electron chi connectivity index (χ4n) is 5.35. The van der Waals surface area contributed by atoms with Gasteiger partial charge in [0.15, 0.2) is 0 Å². The zero-order valence-electron chi connectivity index (χ0n) is 20.9. The standard InChI is InChI=1S/C27H33Cl2FN4O2/c1-27(2,3)12-20-22(25(35)31-16-8-5-7-15(28)11-16)21(18-9-6-10-19(29)23(18)30)24(33-20)26(36)32-17-13-34(4)14-17/h5-11,17,20-22,24,33H,12-14H2,1-4H3,(H,31,35)(H,32,36)/t20-,21-,22+,24-/m1/s1. The number of hydrogen-bond donors (Lipinski definition) is 3. The van der Waals surface area contributed by atoms with E-state index in [-0.39, 0.29) is 39.9 Å². The average Bonchev–Trinajstić information content (AvgIpc) is 3.12. The van der Waals surface area contributed by atoms with Gasteiger partial charge in [0.1, 0.15) is 5.82 Å². The van der Waals surface area contributed by atoms with Crippen LogP contribution in [0.1, 0.15) is 38.7 Å². The van der Waals surface area contributed by atoms with Crippen molar-refractivity contribution in [3.8, 4) is 0 Å². The second-order valence-corrected chi connectivity index (χ2v) is 12.0. The zero-order chi connectivity index (χ0) is 26.2. The molecule has 2 amide bonds. The molecule has 4 atom stereocenters. The van der Waals surface area contributed by atoms with Crippen LogP contribution in [-0.4, -0.2) is 55.0 Å². The lowest BCUT2D eigenvalue weighted by atomic mass is 9.76. The fraction of sp³-hybridized carbons (Fsp3) is 0.481. The van der Waals surface area contributed by atoms with Crippen LogP contribution in [-0.2, 0) is 9.59 Å². The predicted molar refractivity (Wildman–Crippen MR) is 142 cm³/mol. The molecule has 0 spiro atoms. The molecule has 2 heterocycles. The highest BCUT2D eigenvalue weighted by Gasteiger charge is 2.52. The Balaban J connectivity index is 1.73. The minimum atomic E-state index is -0.800. The van der Waals surface area contributed by atoms with Crippen molar-refractivity contribution in [1.29, 1.82) is 0 Å². The number of nitrogens with one attached hydrogen (secondary N) is 3. The molecule has 194 valence electrons. The smallest absolute Gasteiger partial charge is 0.238 e. The maximum absolute atomic E-state index is 15.4. The summed E-state index contributed by atoms with van der Waals surface area (Å²) < 4.78 is 15.4. The van der Waals surface area contributed by atoms with Gasteiger partial charge in [-0.05, 0) is 48.7 Å². The van der Waals surface area contributed by atoms with Crippen LogP contribution >= 0.6 is 23.2 Å². The molecule has 2 aromatic carbocycles. The molecule has 4 rings (SSSR count). The Kier molecular flexibility index (Phi) is 7.95. The molecule has 0 aliphatic carbocycles. The Morgan fingerprint density at radius 1 is 1.11 bits per heavy atom. The predicted octanol–water partition coefficient (Wildman–Crippen LogP) is 4.68. The van der Waals surface area contributed by atoms with Gasteiger partial charge in [0.2, 0.25) is 11.8 Å². The summed E-state index contributed by atoms with van der Waals surface area (Å²) in [6.45, 7) is 7.73. The van der Waals surface area contributed by atoms with E-state index in [1.54, 1.807) is 36.4 Å². The van der Waals surface area contributed by atoms with Crippen LogP contribution in [0.5, 0.6) is 0 Å². The van der Waals surface area contributed by atoms with Gasteiger partial charge < -0.3 is 20.9 Å². The van der Waals surface area contributed by atoms with Crippen LogP contribution in [0.2, 0.25) is 10.0 Å². The number of carbonyl (C=O) groups excluding carboxylic acids is 2. The van der Waals surface area contributed by atoms with Crippen LogP contribution in [0.15, 0.2) is 42.5 Å². The van der Waals surface area contributed by atoms with Crippen molar-refractivity contribution >= 4 is 40.7 Å². The second kappa shape index (κ2) is 10.7. The summed E-state index contributed by atoms with van der Waals surface area (Å²) in [6.07, 6.45) is 0.606. The van der Waals surface area contributed by atoms with Crippen molar-refractivity contribution in [3.05, 3.63) is 63.9 Å². The molecule has 0 saturated carbocycles. The Bertz CT molecular complexity index is 1130. The first-order valence-electron chi connectivity index (χ1n) is 12.2. The van der Waals surface area contributed by atoms with E-state index in [1.165, 1.54) is 6.07 Å². The quantitative estimate of drug-likeness (QED) is 0.503. The summed E-state index contributed by atoms with van der Waals surface area (Å²) in [5.41, 5.74) is 0.646. The number of nitrogens with zero attached hydrogens (tertiary/aromatic N) is 1. The van der Waals surface area contributed by atoms with Crippen LogP contribution in [0.25, 0.3) is 0 Å². The van der Waals surface area contributed by atoms with Gasteiger partial charge in [0.05, 0.1) is 23.0 Å². The molecule has 0 radical (unpaired) electrons. The van der Waals surface area contributed by atoms with E-state index in [0.29, 0.717) is 17.1 Å². The number of halogens is 3. The summed E-state index contributed by atoms with van der Waals surface area (Å²) in [5.74, 6) is -2.63. The molecular formula is C27H33Cl2FN4O2. The van der Waals surface area contributed by atoms with E-state index in [4.69, 9.17) is 23.2 Å². The third-order valence-electron chi connectivity index (χ3n) is 6.83. The Labute approximate surface area is 221 Å². The summed E-state index contributed by atoms with van der Waals surface area (Å²) in [4.78, 5) is 29.4. The molecule has 2 aliphatic rings. The van der Waals surface area contributed by atoms with Gasteiger partial charge in [-0.15, -0.1) is 0 Å². The molecule has 2 saturated heterocycles. The molecule has 3 N–H and O–H groups in total. The molecule has 0 unspecified atom stereocenters. The molecule has 2 aromatic rings. The molecule has 0 bridgehead atoms. The molecule has 9 heteroatoms. The molecule has 0 aromatic heterocycles. The highest BCUT2D eigenvalue weighted by Crippen LogP contribution is 2.43. The third-order valence-corrected chi connectivity index (χ3v) is 7.36. The van der Waals surface area contributed by atoms with Crippen molar-refractivity contribution in [2.45, 2.75) is 51.2 Å². The number of anilines is 1. The Morgan fingerprint density at radius 3 is 2.44 bits per heavy atom. The number of likely N-dealkylation sites (N-methyl/N-ethyl adjacent to an activating group) is 1. The topological polar surface area (TPSA) is 73.5 Å². The highest BCUT2D eigenvalue weighted by atomic mass is 35.5. The van der Waals surface area contributed by atoms with Crippen molar-refractivity contribution in [2.24, 2.45) is 11.3 Å². The Morgan fingerprint density at radius 2 is 1.81 bits per heavy atom. The summed E-state index contributed by atoms with van der Waals surface area (Å²) in [7, 11) is 1.98. The van der Waals surface area contributed by atoms with Crippen LogP contribution in [0.3, 0.4) is 0 Å². The lowest BCUT2D eigenvalue weighted by Gasteiger charge is -2.37. The summed E-state index contributed by atoms with van der Waals surface area (Å²) in [5, 5.41) is 9.88. The lowest BCUT2D eigenvalue weighted by Crippen LogP contribution is -2.60. The number of hydrogen-bond acceptors (Lipinski definition) is 4. The first-order valence-corrected chi connectivity index (χ1v) is 12.9. The number of benzene rings is 2. The number of carbonyl (C=O) groups is 2. The molecule has 2 fully saturated rings. The van der Waals surface area contributed by atoms with Gasteiger partial charge in [-0.1, -0.05) is 62.2 Å². The van der Waals surface area contributed by atoms with Crippen LogP contribution in [0.4, 0.5) is 10.1 Å². The van der Waals surface area contributed by atoms with Crippen molar-refractivity contribution in [1.82, 2.24) is 15.5 Å². The van der Waals surface area contributed by atoms with E-state index >= 15 is 4.39 Å². The average molecular weight is 535 g/mol. The number of rotatable bonds is 6. The van der Waals surface area contributed by atoms with Crippen molar-refractivity contribution in [2.75, 3.05) is 25.5 Å². The van der Waals surface area contributed by atoms with E-state index in [9.17, 15) is 9.59 Å². The maximum Gasteiger partial charge on any atom is 0.238 e. The normalized spacial score (nSPS) is 24.9. The molecule has 2 aliphatic heterocycles. The van der Waals surface area contributed by atoms with Gasteiger partial charge in [-0.2, -0.15) is 0 Å². The molecule has 6 nitrogen and oxygen atoms in total. The summed E-state index contributed by atoms with van der Waals surface area (Å²) >= 11 is 12.3. The van der Waals surface area contributed by atoms with Crippen LogP contribution < -0.4 is 16.0 Å². The van der Waals surface area contributed by atoms with Crippen LogP contribution in [0, 0.1) is 17.2 Å². The molecular weight excluding hydrogens is 502 g/mol.